The standard InChI is InChI=1S/C18H27NO/c1-6-12-20-17-10-9-15(18(3,4)5)13-16(17)14(2)8-7-11-19/h9-10,13-14H,6-8,12H2,1-5H3. The number of rotatable bonds is 6. The molecule has 1 atom stereocenters. The third-order valence-electron chi connectivity index (χ3n) is 3.56. The van der Waals surface area contributed by atoms with Gasteiger partial charge < -0.3 is 4.74 Å². The Labute approximate surface area is 123 Å². The first-order valence-corrected chi connectivity index (χ1v) is 7.54. The Morgan fingerprint density at radius 3 is 2.55 bits per heavy atom. The number of nitriles is 1. The van der Waals surface area contributed by atoms with E-state index in [2.05, 4.69) is 58.9 Å². The molecule has 1 aromatic rings. The number of hydrogen-bond acceptors (Lipinski definition) is 2. The normalized spacial score (nSPS) is 12.8. The van der Waals surface area contributed by atoms with Crippen LogP contribution in [0.15, 0.2) is 18.2 Å². The second kappa shape index (κ2) is 7.33. The smallest absolute Gasteiger partial charge is 0.122 e. The van der Waals surface area contributed by atoms with Crippen molar-refractivity contribution in [2.24, 2.45) is 0 Å². The molecule has 0 N–H and O–H groups in total. The molecule has 0 aliphatic carbocycles. The van der Waals surface area contributed by atoms with Gasteiger partial charge in [0.15, 0.2) is 0 Å². The summed E-state index contributed by atoms with van der Waals surface area (Å²) < 4.78 is 5.87. The van der Waals surface area contributed by atoms with Crippen molar-refractivity contribution in [3.8, 4) is 11.8 Å². The van der Waals surface area contributed by atoms with Crippen LogP contribution in [0, 0.1) is 11.3 Å². The fourth-order valence-corrected chi connectivity index (χ4v) is 2.18. The van der Waals surface area contributed by atoms with Crippen molar-refractivity contribution in [2.45, 2.75) is 65.2 Å². The van der Waals surface area contributed by atoms with Gasteiger partial charge in [0.2, 0.25) is 0 Å². The first kappa shape index (κ1) is 16.6. The Balaban J connectivity index is 3.09. The second-order valence-electron chi connectivity index (χ2n) is 6.45. The minimum Gasteiger partial charge on any atom is -0.493 e. The number of benzene rings is 1. The average molecular weight is 273 g/mol. The van der Waals surface area contributed by atoms with Crippen LogP contribution in [0.5, 0.6) is 5.75 Å². The summed E-state index contributed by atoms with van der Waals surface area (Å²) >= 11 is 0. The van der Waals surface area contributed by atoms with Crippen LogP contribution in [0.1, 0.15) is 70.9 Å². The quantitative estimate of drug-likeness (QED) is 0.715. The summed E-state index contributed by atoms with van der Waals surface area (Å²) in [7, 11) is 0. The molecule has 1 rings (SSSR count). The number of ether oxygens (including phenoxy) is 1. The summed E-state index contributed by atoms with van der Waals surface area (Å²) in [6, 6.07) is 8.74. The molecule has 0 radical (unpaired) electrons. The van der Waals surface area contributed by atoms with Crippen molar-refractivity contribution in [1.82, 2.24) is 0 Å². The van der Waals surface area contributed by atoms with Gasteiger partial charge in [-0.05, 0) is 41.4 Å². The van der Waals surface area contributed by atoms with Gasteiger partial charge in [-0.2, -0.15) is 5.26 Å². The SMILES string of the molecule is CCCOc1ccc(C(C)(C)C)cc1C(C)CCC#N. The maximum atomic E-state index is 8.78. The van der Waals surface area contributed by atoms with E-state index < -0.39 is 0 Å². The van der Waals surface area contributed by atoms with E-state index in [1.54, 1.807) is 0 Å². The zero-order chi connectivity index (χ0) is 15.2. The van der Waals surface area contributed by atoms with E-state index in [1.165, 1.54) is 11.1 Å². The summed E-state index contributed by atoms with van der Waals surface area (Å²) in [6.45, 7) is 11.7. The van der Waals surface area contributed by atoms with Crippen molar-refractivity contribution in [2.75, 3.05) is 6.61 Å². The van der Waals surface area contributed by atoms with Crippen molar-refractivity contribution < 1.29 is 4.74 Å². The fourth-order valence-electron chi connectivity index (χ4n) is 2.18. The molecule has 0 fully saturated rings. The molecular weight excluding hydrogens is 246 g/mol. The van der Waals surface area contributed by atoms with Gasteiger partial charge in [-0.15, -0.1) is 0 Å². The van der Waals surface area contributed by atoms with Crippen LogP contribution < -0.4 is 4.74 Å². The van der Waals surface area contributed by atoms with E-state index in [4.69, 9.17) is 10.00 Å². The van der Waals surface area contributed by atoms with Crippen LogP contribution >= 0.6 is 0 Å². The Hall–Kier alpha value is -1.49. The highest BCUT2D eigenvalue weighted by molar-refractivity contribution is 5.41. The minimum atomic E-state index is 0.132. The van der Waals surface area contributed by atoms with Crippen LogP contribution in [0.2, 0.25) is 0 Å². The Bertz CT molecular complexity index is 465. The van der Waals surface area contributed by atoms with Gasteiger partial charge >= 0.3 is 0 Å². The summed E-state index contributed by atoms with van der Waals surface area (Å²) in [5, 5.41) is 8.78. The van der Waals surface area contributed by atoms with E-state index in [0.29, 0.717) is 12.3 Å². The molecule has 0 heterocycles. The highest BCUT2D eigenvalue weighted by Crippen LogP contribution is 2.34. The summed E-state index contributed by atoms with van der Waals surface area (Å²) in [5.74, 6) is 1.33. The molecule has 0 saturated heterocycles. The lowest BCUT2D eigenvalue weighted by Gasteiger charge is -2.23. The van der Waals surface area contributed by atoms with E-state index in [9.17, 15) is 0 Å². The van der Waals surface area contributed by atoms with E-state index >= 15 is 0 Å². The van der Waals surface area contributed by atoms with Gasteiger partial charge in [0, 0.05) is 6.42 Å². The van der Waals surface area contributed by atoms with Crippen LogP contribution in [0.3, 0.4) is 0 Å². The van der Waals surface area contributed by atoms with Crippen molar-refractivity contribution in [3.05, 3.63) is 29.3 Å². The zero-order valence-corrected chi connectivity index (χ0v) is 13.5. The Morgan fingerprint density at radius 2 is 2.00 bits per heavy atom. The molecule has 0 aliphatic heterocycles. The van der Waals surface area contributed by atoms with Crippen LogP contribution in [-0.4, -0.2) is 6.61 Å². The molecule has 20 heavy (non-hydrogen) atoms. The molecule has 0 spiro atoms. The molecule has 1 aromatic carbocycles. The van der Waals surface area contributed by atoms with Crippen LogP contribution in [0.4, 0.5) is 0 Å². The lowest BCUT2D eigenvalue weighted by molar-refractivity contribution is 0.312. The number of nitrogens with zero attached hydrogens (tertiary/aromatic N) is 1. The zero-order valence-electron chi connectivity index (χ0n) is 13.5. The molecule has 1 unspecified atom stereocenters. The minimum absolute atomic E-state index is 0.132. The summed E-state index contributed by atoms with van der Waals surface area (Å²) in [4.78, 5) is 0. The second-order valence-corrected chi connectivity index (χ2v) is 6.45. The monoisotopic (exact) mass is 273 g/mol. The Morgan fingerprint density at radius 1 is 1.30 bits per heavy atom. The molecule has 0 aromatic heterocycles. The first-order valence-electron chi connectivity index (χ1n) is 7.54. The van der Waals surface area contributed by atoms with Crippen molar-refractivity contribution in [1.29, 1.82) is 5.26 Å². The predicted molar refractivity (Wildman–Crippen MR) is 84.2 cm³/mol. The lowest BCUT2D eigenvalue weighted by atomic mass is 9.83. The largest absolute Gasteiger partial charge is 0.493 e. The topological polar surface area (TPSA) is 33.0 Å². The van der Waals surface area contributed by atoms with E-state index in [-0.39, 0.29) is 5.41 Å². The van der Waals surface area contributed by atoms with Crippen molar-refractivity contribution >= 4 is 0 Å². The van der Waals surface area contributed by atoms with Crippen LogP contribution in [0.25, 0.3) is 0 Å². The molecule has 2 nitrogen and oxygen atoms in total. The van der Waals surface area contributed by atoms with E-state index in [1.807, 2.05) is 0 Å². The van der Waals surface area contributed by atoms with Gasteiger partial charge in [-0.1, -0.05) is 46.8 Å². The molecular formula is C18H27NO. The first-order chi connectivity index (χ1) is 9.40. The molecule has 110 valence electrons. The molecule has 0 aliphatic rings. The number of hydrogen-bond donors (Lipinski definition) is 0. The van der Waals surface area contributed by atoms with E-state index in [0.717, 1.165) is 25.2 Å². The average Bonchev–Trinajstić information content (AvgIpc) is 2.41. The molecule has 0 saturated carbocycles. The van der Waals surface area contributed by atoms with Gasteiger partial charge in [0.1, 0.15) is 5.75 Å². The van der Waals surface area contributed by atoms with Gasteiger partial charge in [-0.3, -0.25) is 0 Å². The highest BCUT2D eigenvalue weighted by atomic mass is 16.5. The van der Waals surface area contributed by atoms with Gasteiger partial charge in [0.25, 0.3) is 0 Å². The summed E-state index contributed by atoms with van der Waals surface area (Å²) in [6.07, 6.45) is 2.48. The van der Waals surface area contributed by atoms with Crippen LogP contribution in [-0.2, 0) is 5.41 Å². The van der Waals surface area contributed by atoms with Crippen molar-refractivity contribution in [3.63, 3.8) is 0 Å². The lowest BCUT2D eigenvalue weighted by Crippen LogP contribution is -2.12. The Kier molecular flexibility index (Phi) is 6.07. The van der Waals surface area contributed by atoms with Gasteiger partial charge in [-0.25, -0.2) is 0 Å². The van der Waals surface area contributed by atoms with Gasteiger partial charge in [0.05, 0.1) is 12.7 Å². The summed E-state index contributed by atoms with van der Waals surface area (Å²) in [5.41, 5.74) is 2.69. The molecule has 0 amide bonds. The third kappa shape index (κ3) is 4.56. The fraction of sp³-hybridized carbons (Fsp3) is 0.611. The molecule has 0 bridgehead atoms. The highest BCUT2D eigenvalue weighted by Gasteiger charge is 2.18. The maximum Gasteiger partial charge on any atom is 0.122 e. The third-order valence-corrected chi connectivity index (χ3v) is 3.56. The maximum absolute atomic E-state index is 8.78. The predicted octanol–water partition coefficient (Wildman–Crippen LogP) is 5.18. The molecule has 2 heteroatoms.